The molecule has 1 saturated carbocycles. The van der Waals surface area contributed by atoms with Crippen molar-refractivity contribution in [1.82, 2.24) is 9.21 Å². The molecule has 2 aromatic rings. The van der Waals surface area contributed by atoms with Crippen LogP contribution in [0.4, 0.5) is 20.6 Å². The van der Waals surface area contributed by atoms with Gasteiger partial charge >= 0.3 is 6.03 Å². The Morgan fingerprint density at radius 1 is 1.09 bits per heavy atom. The fourth-order valence-corrected chi connectivity index (χ4v) is 7.18. The lowest BCUT2D eigenvalue weighted by Gasteiger charge is -2.33. The van der Waals surface area contributed by atoms with Gasteiger partial charge in [-0.25, -0.2) is 17.6 Å². The van der Waals surface area contributed by atoms with E-state index in [0.717, 1.165) is 24.9 Å². The largest absolute Gasteiger partial charge is 0.504 e. The molecule has 12 heteroatoms. The van der Waals surface area contributed by atoms with Crippen molar-refractivity contribution in [3.63, 3.8) is 0 Å². The van der Waals surface area contributed by atoms with Crippen LogP contribution in [0.2, 0.25) is 10.0 Å². The summed E-state index contributed by atoms with van der Waals surface area (Å²) in [5.41, 5.74) is -0.142. The summed E-state index contributed by atoms with van der Waals surface area (Å²) >= 11 is 12.1. The third kappa shape index (κ3) is 4.33. The molecule has 3 N–H and O–H groups in total. The molecule has 0 aromatic heterocycles. The van der Waals surface area contributed by atoms with Crippen molar-refractivity contribution in [3.8, 4) is 5.75 Å². The molecule has 3 aliphatic rings. The molecule has 0 unspecified atom stereocenters. The van der Waals surface area contributed by atoms with Gasteiger partial charge in [-0.3, -0.25) is 4.90 Å². The summed E-state index contributed by atoms with van der Waals surface area (Å²) in [7, 11) is -4.11. The number of phenolic OH excluding ortho intramolecular Hbond substituents is 1. The first kappa shape index (κ1) is 23.6. The van der Waals surface area contributed by atoms with Crippen molar-refractivity contribution in [3.05, 3.63) is 46.2 Å². The predicted molar refractivity (Wildman–Crippen MR) is 128 cm³/mol. The van der Waals surface area contributed by atoms with E-state index < -0.39 is 32.5 Å². The number of sulfonamides is 1. The topological polar surface area (TPSA) is 102 Å². The number of hydrogen-bond acceptors (Lipinski definition) is 5. The van der Waals surface area contributed by atoms with Crippen LogP contribution in [0.25, 0.3) is 0 Å². The van der Waals surface area contributed by atoms with E-state index in [0.29, 0.717) is 13.1 Å². The monoisotopic (exact) mass is 528 g/mol. The number of piperazine rings is 1. The highest BCUT2D eigenvalue weighted by molar-refractivity contribution is 7.89. The summed E-state index contributed by atoms with van der Waals surface area (Å²) in [5, 5.41) is 15.1. The molecule has 34 heavy (non-hydrogen) atoms. The van der Waals surface area contributed by atoms with Gasteiger partial charge in [0.1, 0.15) is 10.7 Å². The van der Waals surface area contributed by atoms with E-state index in [1.807, 2.05) is 0 Å². The van der Waals surface area contributed by atoms with Crippen LogP contribution in [0.1, 0.15) is 19.3 Å². The Bertz CT molecular complexity index is 1260. The number of halogens is 3. The van der Waals surface area contributed by atoms with Crippen LogP contribution in [-0.4, -0.2) is 60.5 Å². The molecule has 2 amide bonds. The normalized spacial score (nSPS) is 22.8. The average Bonchev–Trinajstić information content (AvgIpc) is 3.36. The highest BCUT2D eigenvalue weighted by Crippen LogP contribution is 2.43. The Balaban J connectivity index is 1.35. The zero-order valence-electron chi connectivity index (χ0n) is 18.0. The first-order valence-corrected chi connectivity index (χ1v) is 13.1. The number of rotatable bonds is 6. The van der Waals surface area contributed by atoms with Crippen LogP contribution in [-0.2, 0) is 10.0 Å². The SMILES string of the molecule is O=C(Nc1ccc(Cl)c(S(=O)(=O)N2C[C@@H]3C[C@H]2CN3CC2CC2)c1O)Nc1cccc(F)c1Cl. The van der Waals surface area contributed by atoms with Gasteiger partial charge in [-0.2, -0.15) is 4.31 Å². The Labute approximate surface area is 206 Å². The lowest BCUT2D eigenvalue weighted by molar-refractivity contribution is 0.175. The van der Waals surface area contributed by atoms with Crippen molar-refractivity contribution < 1.29 is 22.7 Å². The molecule has 2 aliphatic heterocycles. The van der Waals surface area contributed by atoms with Gasteiger partial charge < -0.3 is 15.7 Å². The third-order valence-corrected chi connectivity index (χ3v) is 9.40. The summed E-state index contributed by atoms with van der Waals surface area (Å²) in [4.78, 5) is 14.3. The van der Waals surface area contributed by atoms with E-state index in [1.54, 1.807) is 0 Å². The summed E-state index contributed by atoms with van der Waals surface area (Å²) in [6.07, 6.45) is 3.22. The Kier molecular flexibility index (Phi) is 6.14. The van der Waals surface area contributed by atoms with Crippen molar-refractivity contribution >= 4 is 50.6 Å². The van der Waals surface area contributed by atoms with Crippen molar-refractivity contribution in [2.24, 2.45) is 5.92 Å². The van der Waals surface area contributed by atoms with Crippen LogP contribution in [0.3, 0.4) is 0 Å². The molecule has 5 rings (SSSR count). The lowest BCUT2D eigenvalue weighted by Crippen LogP contribution is -2.49. The maximum absolute atomic E-state index is 13.6. The molecule has 2 saturated heterocycles. The van der Waals surface area contributed by atoms with Crippen molar-refractivity contribution in [2.75, 3.05) is 30.3 Å². The number of benzene rings is 2. The van der Waals surface area contributed by atoms with Gasteiger partial charge in [0.05, 0.1) is 21.4 Å². The van der Waals surface area contributed by atoms with Gasteiger partial charge in [-0.05, 0) is 49.4 Å². The van der Waals surface area contributed by atoms with Crippen LogP contribution >= 0.6 is 23.2 Å². The molecule has 182 valence electrons. The number of anilines is 2. The first-order valence-electron chi connectivity index (χ1n) is 10.9. The van der Waals surface area contributed by atoms with Gasteiger partial charge in [0.15, 0.2) is 5.75 Å². The van der Waals surface area contributed by atoms with Gasteiger partial charge in [0.2, 0.25) is 10.0 Å². The van der Waals surface area contributed by atoms with Gasteiger partial charge in [0.25, 0.3) is 0 Å². The lowest BCUT2D eigenvalue weighted by atomic mass is 10.2. The third-order valence-electron chi connectivity index (χ3n) is 6.59. The quantitative estimate of drug-likeness (QED) is 0.484. The second-order valence-electron chi connectivity index (χ2n) is 8.97. The minimum Gasteiger partial charge on any atom is -0.504 e. The highest BCUT2D eigenvalue weighted by atomic mass is 35.5. The van der Waals surface area contributed by atoms with E-state index >= 15 is 0 Å². The molecule has 8 nitrogen and oxygen atoms in total. The van der Waals surface area contributed by atoms with E-state index in [2.05, 4.69) is 15.5 Å². The predicted octanol–water partition coefficient (Wildman–Crippen LogP) is 4.34. The summed E-state index contributed by atoms with van der Waals surface area (Å²) in [6.45, 7) is 2.00. The van der Waals surface area contributed by atoms with Crippen molar-refractivity contribution in [2.45, 2.75) is 36.2 Å². The van der Waals surface area contributed by atoms with E-state index in [1.165, 1.54) is 41.4 Å². The number of nitrogens with one attached hydrogen (secondary N) is 2. The Morgan fingerprint density at radius 3 is 2.50 bits per heavy atom. The van der Waals surface area contributed by atoms with Crippen LogP contribution in [0.15, 0.2) is 35.2 Å². The molecule has 2 bridgehead atoms. The number of carbonyl (C=O) groups is 1. The van der Waals surface area contributed by atoms with E-state index in [9.17, 15) is 22.7 Å². The molecule has 0 spiro atoms. The van der Waals surface area contributed by atoms with E-state index in [4.69, 9.17) is 23.2 Å². The zero-order valence-corrected chi connectivity index (χ0v) is 20.3. The number of likely N-dealkylation sites (tertiary alicyclic amines) is 1. The second-order valence-corrected chi connectivity index (χ2v) is 11.6. The number of aromatic hydroxyl groups is 1. The number of carbonyl (C=O) groups excluding carboxylic acids is 1. The maximum atomic E-state index is 13.6. The van der Waals surface area contributed by atoms with Crippen LogP contribution in [0, 0.1) is 11.7 Å². The Hall–Kier alpha value is -2.11. The zero-order chi connectivity index (χ0) is 24.2. The minimum atomic E-state index is -4.11. The van der Waals surface area contributed by atoms with E-state index in [-0.39, 0.29) is 33.5 Å². The average molecular weight is 529 g/mol. The molecule has 3 fully saturated rings. The first-order chi connectivity index (χ1) is 16.1. The number of phenols is 1. The number of nitrogens with zero attached hydrogens (tertiary/aromatic N) is 2. The number of fused-ring (bicyclic) bond motifs is 2. The highest BCUT2D eigenvalue weighted by Gasteiger charge is 2.50. The maximum Gasteiger partial charge on any atom is 0.323 e. The molecule has 2 atom stereocenters. The molecule has 2 aromatic carbocycles. The Morgan fingerprint density at radius 2 is 1.82 bits per heavy atom. The van der Waals surface area contributed by atoms with Crippen LogP contribution < -0.4 is 10.6 Å². The molecule has 0 radical (unpaired) electrons. The smallest absolute Gasteiger partial charge is 0.323 e. The van der Waals surface area contributed by atoms with Gasteiger partial charge in [-0.15, -0.1) is 0 Å². The molecular weight excluding hydrogens is 506 g/mol. The van der Waals surface area contributed by atoms with Gasteiger partial charge in [0, 0.05) is 31.7 Å². The molecule has 2 heterocycles. The second kappa shape index (κ2) is 8.83. The molecular formula is C22H23Cl2FN4O4S. The summed E-state index contributed by atoms with van der Waals surface area (Å²) < 4.78 is 42.0. The summed E-state index contributed by atoms with van der Waals surface area (Å²) in [5.74, 6) is -0.651. The molecule has 1 aliphatic carbocycles. The fraction of sp³-hybridized carbons (Fsp3) is 0.409. The van der Waals surface area contributed by atoms with Gasteiger partial charge in [-0.1, -0.05) is 29.3 Å². The number of hydrogen-bond donors (Lipinski definition) is 3. The summed E-state index contributed by atoms with van der Waals surface area (Å²) in [6, 6.07) is 5.63. The van der Waals surface area contributed by atoms with Crippen molar-refractivity contribution in [1.29, 1.82) is 0 Å². The number of amides is 2. The standard InChI is InChI=1S/C22H23Cl2FN4O4S/c23-15-6-7-18(27-22(31)26-17-3-1-2-16(25)19(17)24)20(30)21(15)34(32,33)29-11-13-8-14(29)10-28(13)9-12-4-5-12/h1-3,6-7,12-14,30H,4-5,8-11H2,(H2,26,27,31)/t13-,14-/m0/s1. The number of urea groups is 1. The van der Waals surface area contributed by atoms with Crippen LogP contribution in [0.5, 0.6) is 5.75 Å². The minimum absolute atomic E-state index is 0.0179. The fourth-order valence-electron chi connectivity index (χ4n) is 4.75.